The molecule has 1 heteroatoms. The van der Waals surface area contributed by atoms with Crippen molar-refractivity contribution < 1.29 is 5.11 Å². The molecule has 0 bridgehead atoms. The van der Waals surface area contributed by atoms with Crippen molar-refractivity contribution in [1.82, 2.24) is 0 Å². The van der Waals surface area contributed by atoms with Crippen molar-refractivity contribution in [2.24, 2.45) is 0 Å². The molecule has 0 aliphatic heterocycles. The summed E-state index contributed by atoms with van der Waals surface area (Å²) in [5, 5.41) is 11.8. The summed E-state index contributed by atoms with van der Waals surface area (Å²) in [5.41, 5.74) is 5.44. The fourth-order valence-electron chi connectivity index (χ4n) is 4.95. The number of benzene rings is 2. The van der Waals surface area contributed by atoms with E-state index in [4.69, 9.17) is 0 Å². The Morgan fingerprint density at radius 2 is 1.68 bits per heavy atom. The third-order valence-electron chi connectivity index (χ3n) is 6.90. The molecular formula is C27H36O. The molecule has 1 atom stereocenters. The van der Waals surface area contributed by atoms with E-state index in [1.54, 1.807) is 0 Å². The Kier molecular flexibility index (Phi) is 5.60. The second-order valence-electron chi connectivity index (χ2n) is 9.82. The van der Waals surface area contributed by atoms with Gasteiger partial charge >= 0.3 is 0 Å². The van der Waals surface area contributed by atoms with E-state index in [9.17, 15) is 5.11 Å². The van der Waals surface area contributed by atoms with Crippen LogP contribution >= 0.6 is 0 Å². The fourth-order valence-corrected chi connectivity index (χ4v) is 4.95. The van der Waals surface area contributed by atoms with Crippen molar-refractivity contribution in [3.8, 4) is 0 Å². The molecule has 0 heterocycles. The van der Waals surface area contributed by atoms with Gasteiger partial charge in [-0.15, -0.1) is 0 Å². The van der Waals surface area contributed by atoms with Gasteiger partial charge in [0, 0.05) is 5.41 Å². The van der Waals surface area contributed by atoms with Crippen LogP contribution in [0, 0.1) is 0 Å². The van der Waals surface area contributed by atoms with Crippen LogP contribution < -0.4 is 0 Å². The summed E-state index contributed by atoms with van der Waals surface area (Å²) < 4.78 is 0. The van der Waals surface area contributed by atoms with E-state index in [-0.39, 0.29) is 10.8 Å². The second-order valence-corrected chi connectivity index (χ2v) is 9.82. The number of hydrogen-bond donors (Lipinski definition) is 1. The average molecular weight is 377 g/mol. The van der Waals surface area contributed by atoms with Crippen molar-refractivity contribution in [1.29, 1.82) is 0 Å². The quantitative estimate of drug-likeness (QED) is 0.550. The molecule has 3 rings (SSSR count). The highest BCUT2D eigenvalue weighted by Crippen LogP contribution is 2.53. The molecule has 0 fully saturated rings. The van der Waals surface area contributed by atoms with Crippen LogP contribution in [0.3, 0.4) is 0 Å². The maximum atomic E-state index is 11.8. The molecule has 1 nitrogen and oxygen atoms in total. The topological polar surface area (TPSA) is 20.2 Å². The Morgan fingerprint density at radius 1 is 1.00 bits per heavy atom. The number of allylic oxidation sites excluding steroid dienone is 1. The lowest BCUT2D eigenvalue weighted by atomic mass is 9.54. The van der Waals surface area contributed by atoms with Gasteiger partial charge < -0.3 is 5.11 Å². The highest BCUT2D eigenvalue weighted by atomic mass is 16.3. The predicted molar refractivity (Wildman–Crippen MR) is 122 cm³/mol. The molecule has 2 aromatic rings. The number of aliphatic hydroxyl groups is 1. The van der Waals surface area contributed by atoms with E-state index in [0.29, 0.717) is 0 Å². The minimum absolute atomic E-state index is 0.0249. The van der Waals surface area contributed by atoms with Crippen LogP contribution in [0.1, 0.15) is 89.5 Å². The molecule has 1 aliphatic rings. The normalized spacial score (nSPS) is 23.3. The van der Waals surface area contributed by atoms with E-state index >= 15 is 0 Å². The van der Waals surface area contributed by atoms with Gasteiger partial charge in [0.2, 0.25) is 0 Å². The zero-order chi connectivity index (χ0) is 20.6. The molecule has 28 heavy (non-hydrogen) atoms. The molecule has 0 saturated heterocycles. The SMILES string of the molecule is CCCCC1(O)CC(C)(C)c2ccc(C(C)=Cc3ccccc3)cc2C1(C)C. The maximum Gasteiger partial charge on any atom is 0.0747 e. The van der Waals surface area contributed by atoms with Gasteiger partial charge in [-0.1, -0.05) is 102 Å². The van der Waals surface area contributed by atoms with Crippen molar-refractivity contribution >= 4 is 11.6 Å². The first-order valence-corrected chi connectivity index (χ1v) is 10.7. The van der Waals surface area contributed by atoms with Crippen LogP contribution in [0.2, 0.25) is 0 Å². The van der Waals surface area contributed by atoms with Gasteiger partial charge in [0.1, 0.15) is 0 Å². The zero-order valence-corrected chi connectivity index (χ0v) is 18.5. The van der Waals surface area contributed by atoms with Crippen molar-refractivity contribution in [3.63, 3.8) is 0 Å². The lowest BCUT2D eigenvalue weighted by Crippen LogP contribution is -2.55. The molecule has 0 amide bonds. The number of fused-ring (bicyclic) bond motifs is 1. The summed E-state index contributed by atoms with van der Waals surface area (Å²) in [5.74, 6) is 0. The van der Waals surface area contributed by atoms with Gasteiger partial charge in [0.25, 0.3) is 0 Å². The number of unbranched alkanes of at least 4 members (excludes halogenated alkanes) is 1. The van der Waals surface area contributed by atoms with Gasteiger partial charge in [-0.3, -0.25) is 0 Å². The van der Waals surface area contributed by atoms with Gasteiger partial charge in [-0.05, 0) is 53.0 Å². The molecule has 0 saturated carbocycles. The summed E-state index contributed by atoms with van der Waals surface area (Å²) in [4.78, 5) is 0. The van der Waals surface area contributed by atoms with Crippen molar-refractivity contribution in [2.45, 2.75) is 83.7 Å². The molecular weight excluding hydrogens is 340 g/mol. The van der Waals surface area contributed by atoms with E-state index in [1.165, 1.54) is 27.8 Å². The summed E-state index contributed by atoms with van der Waals surface area (Å²) in [6.45, 7) is 13.4. The van der Waals surface area contributed by atoms with Crippen LogP contribution in [-0.4, -0.2) is 10.7 Å². The second kappa shape index (κ2) is 7.52. The van der Waals surface area contributed by atoms with Crippen molar-refractivity contribution in [2.75, 3.05) is 0 Å². The first-order chi connectivity index (χ1) is 13.1. The Bertz CT molecular complexity index is 857. The average Bonchev–Trinajstić information content (AvgIpc) is 2.65. The minimum Gasteiger partial charge on any atom is -0.389 e. The van der Waals surface area contributed by atoms with Gasteiger partial charge in [0.05, 0.1) is 5.60 Å². The van der Waals surface area contributed by atoms with E-state index in [2.05, 4.69) is 90.1 Å². The van der Waals surface area contributed by atoms with Crippen LogP contribution in [0.15, 0.2) is 48.5 Å². The summed E-state index contributed by atoms with van der Waals surface area (Å²) >= 11 is 0. The highest BCUT2D eigenvalue weighted by molar-refractivity contribution is 5.80. The number of hydrogen-bond acceptors (Lipinski definition) is 1. The molecule has 1 unspecified atom stereocenters. The molecule has 0 spiro atoms. The Balaban J connectivity index is 2.08. The summed E-state index contributed by atoms with van der Waals surface area (Å²) in [7, 11) is 0. The zero-order valence-electron chi connectivity index (χ0n) is 18.5. The van der Waals surface area contributed by atoms with E-state index in [0.717, 1.165) is 25.7 Å². The maximum absolute atomic E-state index is 11.8. The molecule has 1 aliphatic carbocycles. The molecule has 0 radical (unpaired) electrons. The predicted octanol–water partition coefficient (Wildman–Crippen LogP) is 7.13. The first kappa shape index (κ1) is 20.9. The third-order valence-corrected chi connectivity index (χ3v) is 6.90. The fraction of sp³-hybridized carbons (Fsp3) is 0.481. The standard InChI is InChI=1S/C27H36O/c1-7-8-16-27(28)19-25(3,4)23-15-14-22(18-24(23)26(27,5)6)20(2)17-21-12-10-9-11-13-21/h9-15,17-18,28H,7-8,16,19H2,1-6H3. The number of rotatable bonds is 5. The van der Waals surface area contributed by atoms with Crippen LogP contribution in [0.4, 0.5) is 0 Å². The Hall–Kier alpha value is -1.86. The van der Waals surface area contributed by atoms with Gasteiger partial charge in [-0.25, -0.2) is 0 Å². The smallest absolute Gasteiger partial charge is 0.0747 e. The van der Waals surface area contributed by atoms with Gasteiger partial charge in [-0.2, -0.15) is 0 Å². The Morgan fingerprint density at radius 3 is 2.32 bits per heavy atom. The lowest BCUT2D eigenvalue weighted by molar-refractivity contribution is -0.0664. The summed E-state index contributed by atoms with van der Waals surface area (Å²) in [6.07, 6.45) is 6.11. The van der Waals surface area contributed by atoms with E-state index < -0.39 is 5.60 Å². The van der Waals surface area contributed by atoms with Gasteiger partial charge in [0.15, 0.2) is 0 Å². The first-order valence-electron chi connectivity index (χ1n) is 10.7. The Labute approximate surface area is 171 Å². The monoisotopic (exact) mass is 376 g/mol. The third kappa shape index (κ3) is 3.70. The molecule has 2 aromatic carbocycles. The largest absolute Gasteiger partial charge is 0.389 e. The minimum atomic E-state index is -0.671. The van der Waals surface area contributed by atoms with Crippen LogP contribution in [0.25, 0.3) is 11.6 Å². The van der Waals surface area contributed by atoms with Crippen LogP contribution in [-0.2, 0) is 10.8 Å². The van der Waals surface area contributed by atoms with E-state index in [1.807, 2.05) is 6.07 Å². The molecule has 0 aromatic heterocycles. The molecule has 1 N–H and O–H groups in total. The lowest BCUT2D eigenvalue weighted by Gasteiger charge is -2.53. The van der Waals surface area contributed by atoms with Crippen LogP contribution in [0.5, 0.6) is 0 Å². The highest BCUT2D eigenvalue weighted by Gasteiger charge is 2.52. The summed E-state index contributed by atoms with van der Waals surface area (Å²) in [6, 6.07) is 17.4. The molecule has 150 valence electrons. The van der Waals surface area contributed by atoms with Crippen molar-refractivity contribution in [3.05, 3.63) is 70.8 Å².